The molecule has 0 radical (unpaired) electrons. The summed E-state index contributed by atoms with van der Waals surface area (Å²) in [5.41, 5.74) is 7.15. The van der Waals surface area contributed by atoms with Gasteiger partial charge in [-0.1, -0.05) is 0 Å². The summed E-state index contributed by atoms with van der Waals surface area (Å²) in [6.45, 7) is 2.48. The monoisotopic (exact) mass is 250 g/mol. The molecule has 2 N–H and O–H groups in total. The second-order valence-corrected chi connectivity index (χ2v) is 5.27. The molecule has 3 rings (SSSR count). The second kappa shape index (κ2) is 4.86. The lowest BCUT2D eigenvalue weighted by molar-refractivity contribution is -0.0588. The summed E-state index contributed by atoms with van der Waals surface area (Å²) < 4.78 is 19.1. The number of morpholine rings is 1. The van der Waals surface area contributed by atoms with E-state index in [9.17, 15) is 4.39 Å². The first-order valence-corrected chi connectivity index (χ1v) is 6.63. The molecule has 1 saturated heterocycles. The molecule has 1 heterocycles. The van der Waals surface area contributed by atoms with Crippen molar-refractivity contribution in [2.45, 2.75) is 38.0 Å². The van der Waals surface area contributed by atoms with E-state index in [4.69, 9.17) is 10.5 Å². The third kappa shape index (κ3) is 2.35. The molecule has 0 spiro atoms. The number of hydrogen-bond donors (Lipinski definition) is 1. The fourth-order valence-electron chi connectivity index (χ4n) is 3.20. The van der Waals surface area contributed by atoms with Crippen molar-refractivity contribution in [3.63, 3.8) is 0 Å². The Bertz CT molecular complexity index is 418. The normalized spacial score (nSPS) is 28.3. The van der Waals surface area contributed by atoms with Gasteiger partial charge in [0.2, 0.25) is 0 Å². The summed E-state index contributed by atoms with van der Waals surface area (Å²) in [6.07, 6.45) is 3.96. The smallest absolute Gasteiger partial charge is 0.125 e. The molecule has 0 bridgehead atoms. The largest absolute Gasteiger partial charge is 0.399 e. The molecular formula is C14H19FN2O. The standard InChI is InChI=1S/C14H19FN2O/c15-11-6-10(7-12(16)8-11)9-17-4-5-18-14-3-1-2-13(14)17/h6-8,13-14H,1-5,9,16H2. The van der Waals surface area contributed by atoms with Gasteiger partial charge < -0.3 is 10.5 Å². The zero-order valence-electron chi connectivity index (χ0n) is 10.4. The molecule has 1 aliphatic carbocycles. The minimum absolute atomic E-state index is 0.249. The van der Waals surface area contributed by atoms with Crippen molar-refractivity contribution >= 4 is 5.69 Å². The van der Waals surface area contributed by atoms with E-state index < -0.39 is 0 Å². The topological polar surface area (TPSA) is 38.5 Å². The van der Waals surface area contributed by atoms with Crippen molar-refractivity contribution in [1.82, 2.24) is 4.90 Å². The Labute approximate surface area is 107 Å². The van der Waals surface area contributed by atoms with Crippen molar-refractivity contribution < 1.29 is 9.13 Å². The van der Waals surface area contributed by atoms with Gasteiger partial charge >= 0.3 is 0 Å². The molecule has 1 aliphatic heterocycles. The molecule has 2 unspecified atom stereocenters. The van der Waals surface area contributed by atoms with Gasteiger partial charge in [0, 0.05) is 24.8 Å². The Morgan fingerprint density at radius 2 is 2.22 bits per heavy atom. The van der Waals surface area contributed by atoms with Gasteiger partial charge in [-0.2, -0.15) is 0 Å². The van der Waals surface area contributed by atoms with E-state index in [0.29, 0.717) is 17.8 Å². The number of rotatable bonds is 2. The molecule has 98 valence electrons. The van der Waals surface area contributed by atoms with Crippen LogP contribution in [0.2, 0.25) is 0 Å². The Kier molecular flexibility index (Phi) is 3.22. The van der Waals surface area contributed by atoms with Crippen LogP contribution in [0.25, 0.3) is 0 Å². The van der Waals surface area contributed by atoms with Gasteiger partial charge in [-0.05, 0) is 43.0 Å². The number of hydrogen-bond acceptors (Lipinski definition) is 3. The molecular weight excluding hydrogens is 231 g/mol. The van der Waals surface area contributed by atoms with Crippen molar-refractivity contribution in [3.8, 4) is 0 Å². The van der Waals surface area contributed by atoms with E-state index in [-0.39, 0.29) is 5.82 Å². The fraction of sp³-hybridized carbons (Fsp3) is 0.571. The number of nitrogen functional groups attached to an aromatic ring is 1. The van der Waals surface area contributed by atoms with Crippen LogP contribution >= 0.6 is 0 Å². The van der Waals surface area contributed by atoms with Gasteiger partial charge in [-0.25, -0.2) is 4.39 Å². The summed E-state index contributed by atoms with van der Waals surface area (Å²) in [5, 5.41) is 0. The van der Waals surface area contributed by atoms with Gasteiger partial charge in [0.1, 0.15) is 5.82 Å². The average Bonchev–Trinajstić information content (AvgIpc) is 2.76. The predicted molar refractivity (Wildman–Crippen MR) is 68.6 cm³/mol. The number of halogens is 1. The summed E-state index contributed by atoms with van der Waals surface area (Å²) in [6, 6.07) is 5.31. The molecule has 1 aromatic carbocycles. The number of fused-ring (bicyclic) bond motifs is 1. The first-order valence-electron chi connectivity index (χ1n) is 6.63. The summed E-state index contributed by atoms with van der Waals surface area (Å²) in [7, 11) is 0. The molecule has 2 fully saturated rings. The van der Waals surface area contributed by atoms with Crippen LogP contribution in [0.4, 0.5) is 10.1 Å². The van der Waals surface area contributed by atoms with E-state index >= 15 is 0 Å². The zero-order valence-corrected chi connectivity index (χ0v) is 10.4. The number of nitrogens with zero attached hydrogens (tertiary/aromatic N) is 1. The Balaban J connectivity index is 1.74. The summed E-state index contributed by atoms with van der Waals surface area (Å²) in [5.74, 6) is -0.249. The van der Waals surface area contributed by atoms with Gasteiger partial charge in [-0.15, -0.1) is 0 Å². The Morgan fingerprint density at radius 3 is 3.06 bits per heavy atom. The van der Waals surface area contributed by atoms with Crippen LogP contribution < -0.4 is 5.73 Å². The minimum atomic E-state index is -0.249. The molecule has 18 heavy (non-hydrogen) atoms. The highest BCUT2D eigenvalue weighted by atomic mass is 19.1. The molecule has 0 amide bonds. The van der Waals surface area contributed by atoms with E-state index in [0.717, 1.165) is 31.7 Å². The maximum absolute atomic E-state index is 13.3. The van der Waals surface area contributed by atoms with Gasteiger partial charge in [0.15, 0.2) is 0 Å². The maximum atomic E-state index is 13.3. The number of ether oxygens (including phenoxy) is 1. The second-order valence-electron chi connectivity index (χ2n) is 5.27. The Morgan fingerprint density at radius 1 is 1.33 bits per heavy atom. The molecule has 1 saturated carbocycles. The van der Waals surface area contributed by atoms with E-state index in [2.05, 4.69) is 4.90 Å². The van der Waals surface area contributed by atoms with E-state index in [1.54, 1.807) is 6.07 Å². The highest BCUT2D eigenvalue weighted by Crippen LogP contribution is 2.30. The number of anilines is 1. The van der Waals surface area contributed by atoms with Gasteiger partial charge in [0.25, 0.3) is 0 Å². The van der Waals surface area contributed by atoms with Crippen LogP contribution in [0, 0.1) is 5.82 Å². The first-order chi connectivity index (χ1) is 8.72. The lowest BCUT2D eigenvalue weighted by Crippen LogP contribution is -2.47. The minimum Gasteiger partial charge on any atom is -0.399 e. The van der Waals surface area contributed by atoms with Crippen LogP contribution in [0.3, 0.4) is 0 Å². The molecule has 2 atom stereocenters. The number of benzene rings is 1. The maximum Gasteiger partial charge on any atom is 0.125 e. The molecule has 3 nitrogen and oxygen atoms in total. The SMILES string of the molecule is Nc1cc(F)cc(CN2CCOC3CCCC32)c1. The van der Waals surface area contributed by atoms with Crippen molar-refractivity contribution in [2.75, 3.05) is 18.9 Å². The Hall–Kier alpha value is -1.13. The number of nitrogens with two attached hydrogens (primary N) is 1. The summed E-state index contributed by atoms with van der Waals surface area (Å²) >= 11 is 0. The van der Waals surface area contributed by atoms with Crippen LogP contribution in [0.15, 0.2) is 18.2 Å². The molecule has 0 aromatic heterocycles. The van der Waals surface area contributed by atoms with Crippen LogP contribution in [0.5, 0.6) is 0 Å². The highest BCUT2D eigenvalue weighted by Gasteiger charge is 2.35. The lowest BCUT2D eigenvalue weighted by Gasteiger charge is -2.37. The van der Waals surface area contributed by atoms with Crippen molar-refractivity contribution in [2.24, 2.45) is 0 Å². The fourth-order valence-corrected chi connectivity index (χ4v) is 3.20. The van der Waals surface area contributed by atoms with E-state index in [1.807, 2.05) is 6.07 Å². The van der Waals surface area contributed by atoms with Crippen LogP contribution in [-0.4, -0.2) is 30.2 Å². The highest BCUT2D eigenvalue weighted by molar-refractivity contribution is 5.41. The quantitative estimate of drug-likeness (QED) is 0.817. The first kappa shape index (κ1) is 11.9. The third-order valence-electron chi connectivity index (χ3n) is 3.96. The van der Waals surface area contributed by atoms with Crippen molar-refractivity contribution in [3.05, 3.63) is 29.6 Å². The van der Waals surface area contributed by atoms with Crippen LogP contribution in [-0.2, 0) is 11.3 Å². The average molecular weight is 250 g/mol. The molecule has 2 aliphatic rings. The van der Waals surface area contributed by atoms with Gasteiger partial charge in [-0.3, -0.25) is 4.90 Å². The van der Waals surface area contributed by atoms with Crippen molar-refractivity contribution in [1.29, 1.82) is 0 Å². The zero-order chi connectivity index (χ0) is 12.5. The van der Waals surface area contributed by atoms with Crippen LogP contribution in [0.1, 0.15) is 24.8 Å². The van der Waals surface area contributed by atoms with E-state index in [1.165, 1.54) is 18.9 Å². The van der Waals surface area contributed by atoms with Gasteiger partial charge in [0.05, 0.1) is 12.7 Å². The third-order valence-corrected chi connectivity index (χ3v) is 3.96. The predicted octanol–water partition coefficient (Wildman–Crippen LogP) is 2.16. The molecule has 1 aromatic rings. The summed E-state index contributed by atoms with van der Waals surface area (Å²) in [4.78, 5) is 2.41. The lowest BCUT2D eigenvalue weighted by atomic mass is 10.1. The molecule has 4 heteroatoms.